The highest BCUT2D eigenvalue weighted by Crippen LogP contribution is 2.51. The molecular weight excluding hydrogens is 1260 g/mol. The molecule has 0 N–H and O–H groups in total. The van der Waals surface area contributed by atoms with E-state index in [1.165, 1.54) is 79.9 Å². The van der Waals surface area contributed by atoms with E-state index >= 15 is 0 Å². The van der Waals surface area contributed by atoms with E-state index in [1.54, 1.807) is 0 Å². The van der Waals surface area contributed by atoms with Crippen molar-refractivity contribution in [3.05, 3.63) is 291 Å². The van der Waals surface area contributed by atoms with E-state index in [1.807, 2.05) is 22.7 Å². The molecule has 8 heterocycles. The quantitative estimate of drug-likeness (QED) is 0.131. The van der Waals surface area contributed by atoms with E-state index in [4.69, 9.17) is 9.47 Å². The summed E-state index contributed by atoms with van der Waals surface area (Å²) < 4.78 is 19.8. The molecule has 0 unspecified atom stereocenters. The number of fused-ring (bicyclic) bond motifs is 16. The van der Waals surface area contributed by atoms with Crippen molar-refractivity contribution in [3.63, 3.8) is 0 Å². The molecular formula is C86H60B3N7O2S2. The van der Waals surface area contributed by atoms with E-state index < -0.39 is 0 Å². The Hall–Kier alpha value is -11.8. The summed E-state index contributed by atoms with van der Waals surface area (Å²) >= 11 is 3.73. The molecule has 0 radical (unpaired) electrons. The summed E-state index contributed by atoms with van der Waals surface area (Å²) in [6, 6.07) is 107. The summed E-state index contributed by atoms with van der Waals surface area (Å²) in [5, 5.41) is 2.27. The Morgan fingerprint density at radius 3 is 0.850 bits per heavy atom. The molecule has 9 nitrogen and oxygen atoms in total. The van der Waals surface area contributed by atoms with Crippen LogP contribution in [0.1, 0.15) is 0 Å². The maximum Gasteiger partial charge on any atom is 0.268 e. The molecule has 0 saturated carbocycles. The van der Waals surface area contributed by atoms with Crippen LogP contribution in [0, 0.1) is 0 Å². The molecule has 100 heavy (non-hydrogen) atoms. The molecule has 0 saturated heterocycles. The van der Waals surface area contributed by atoms with Gasteiger partial charge in [-0.25, -0.2) is 0 Å². The molecule has 0 atom stereocenters. The first-order valence-electron chi connectivity index (χ1n) is 34.2. The molecule has 0 amide bonds. The third-order valence-electron chi connectivity index (χ3n) is 21.6. The number of anilines is 17. The van der Waals surface area contributed by atoms with Crippen LogP contribution in [0.5, 0.6) is 23.0 Å². The van der Waals surface area contributed by atoms with Crippen molar-refractivity contribution in [1.82, 2.24) is 0 Å². The zero-order valence-corrected chi connectivity index (χ0v) is 56.8. The number of nitrogens with zero attached hydrogens (tertiary/aromatic N) is 7. The monoisotopic (exact) mass is 1320 g/mol. The summed E-state index contributed by atoms with van der Waals surface area (Å²) in [4.78, 5) is 17.0. The topological polar surface area (TPSA) is 41.1 Å². The van der Waals surface area contributed by atoms with Crippen molar-refractivity contribution < 1.29 is 9.47 Å². The zero-order chi connectivity index (χ0) is 66.2. The second-order valence-corrected chi connectivity index (χ2v) is 29.1. The van der Waals surface area contributed by atoms with Crippen molar-refractivity contribution in [1.29, 1.82) is 0 Å². The van der Waals surface area contributed by atoms with Gasteiger partial charge in [-0.2, -0.15) is 0 Å². The van der Waals surface area contributed by atoms with Gasteiger partial charge in [0.1, 0.15) is 23.0 Å². The minimum Gasteiger partial charge on any atom is -0.457 e. The van der Waals surface area contributed by atoms with Gasteiger partial charge < -0.3 is 43.8 Å². The van der Waals surface area contributed by atoms with Crippen molar-refractivity contribution in [3.8, 4) is 23.0 Å². The van der Waals surface area contributed by atoms with E-state index in [-0.39, 0.29) is 20.1 Å². The molecule has 13 aromatic carbocycles. The fourth-order valence-electron chi connectivity index (χ4n) is 17.2. The third kappa shape index (κ3) is 8.32. The molecule has 6 aliphatic rings. The summed E-state index contributed by atoms with van der Waals surface area (Å²) in [5.74, 6) is 3.62. The van der Waals surface area contributed by atoms with Gasteiger partial charge in [-0.15, -0.1) is 22.7 Å². The van der Waals surface area contributed by atoms with Crippen molar-refractivity contribution >= 4 is 207 Å². The van der Waals surface area contributed by atoms with Gasteiger partial charge in [-0.3, -0.25) is 0 Å². The maximum atomic E-state index is 7.45. The number of benzene rings is 13. The van der Waals surface area contributed by atoms with Crippen LogP contribution in [-0.4, -0.2) is 48.3 Å². The predicted molar refractivity (Wildman–Crippen MR) is 426 cm³/mol. The van der Waals surface area contributed by atoms with Gasteiger partial charge in [0.25, 0.3) is 20.1 Å². The van der Waals surface area contributed by atoms with Crippen LogP contribution >= 0.6 is 22.7 Å². The average molecular weight is 1320 g/mol. The fraction of sp³-hybridized carbons (Fsp3) is 0.0465. The second-order valence-electron chi connectivity index (χ2n) is 26.9. The third-order valence-corrected chi connectivity index (χ3v) is 24.1. The zero-order valence-electron chi connectivity index (χ0n) is 55.2. The summed E-state index contributed by atoms with van der Waals surface area (Å²) in [5.41, 5.74) is 27.5. The lowest BCUT2D eigenvalue weighted by Crippen LogP contribution is -2.66. The van der Waals surface area contributed by atoms with E-state index in [2.05, 4.69) is 354 Å². The largest absolute Gasteiger partial charge is 0.457 e. The molecule has 14 heteroatoms. The molecule has 0 aliphatic carbocycles. The lowest BCUT2D eigenvalue weighted by Gasteiger charge is -2.46. The first kappa shape index (κ1) is 57.3. The first-order valence-corrected chi connectivity index (χ1v) is 35.8. The Bertz CT molecular complexity index is 5450. The average Bonchev–Trinajstić information content (AvgIpc) is 1.05. The molecule has 472 valence electrons. The van der Waals surface area contributed by atoms with Crippen molar-refractivity contribution in [2.75, 3.05) is 62.5 Å². The normalized spacial score (nSPS) is 13.6. The van der Waals surface area contributed by atoms with E-state index in [0.717, 1.165) is 108 Å². The Balaban J connectivity index is 0.814. The molecule has 21 rings (SSSR count). The molecule has 0 spiro atoms. The van der Waals surface area contributed by atoms with Gasteiger partial charge in [-0.1, -0.05) is 146 Å². The lowest BCUT2D eigenvalue weighted by molar-refractivity contribution is 0.494. The molecule has 0 bridgehead atoms. The van der Waals surface area contributed by atoms with Crippen LogP contribution in [0.4, 0.5) is 96.7 Å². The van der Waals surface area contributed by atoms with E-state index in [9.17, 15) is 0 Å². The van der Waals surface area contributed by atoms with Crippen LogP contribution in [0.3, 0.4) is 0 Å². The van der Waals surface area contributed by atoms with Gasteiger partial charge in [-0.05, 0) is 172 Å². The number of para-hydroxylation sites is 6. The molecule has 6 aliphatic heterocycles. The summed E-state index contributed by atoms with van der Waals surface area (Å²) in [7, 11) is 9.12. The highest BCUT2D eigenvalue weighted by Gasteiger charge is 2.50. The minimum absolute atomic E-state index is 0.131. The fourth-order valence-corrected chi connectivity index (χ4v) is 19.7. The second kappa shape index (κ2) is 21.8. The summed E-state index contributed by atoms with van der Waals surface area (Å²) in [6.45, 7) is -0.447. The van der Waals surface area contributed by atoms with Gasteiger partial charge in [0.2, 0.25) is 0 Å². The Kier molecular flexibility index (Phi) is 12.5. The minimum atomic E-state index is -0.185. The number of thiophene rings is 2. The van der Waals surface area contributed by atoms with Crippen LogP contribution in [0.2, 0.25) is 0 Å². The lowest BCUT2D eigenvalue weighted by atomic mass is 9.30. The van der Waals surface area contributed by atoms with Crippen molar-refractivity contribution in [2.45, 2.75) is 0 Å². The van der Waals surface area contributed by atoms with Gasteiger partial charge in [0.15, 0.2) is 0 Å². The highest BCUT2D eigenvalue weighted by atomic mass is 32.1. The smallest absolute Gasteiger partial charge is 0.268 e. The SMILES string of the molecule is CN1c2cc3c(cc2B2c4sc5ccccc5c4Oc4cc(N(c5ccccc5)c5ccccc5)cc1c42)B1c2cc4c(cc2N(C)c2cc(N(c5ccccc5)c5ccccc5)cc(c21)N3C)N(C)c1cc(N(c2ccccc2)c2ccccc2)cc2c1B4c1sc3ccccc3c1O2. The molecule has 15 aromatic rings. The van der Waals surface area contributed by atoms with Crippen LogP contribution in [0.25, 0.3) is 20.2 Å². The maximum absolute atomic E-state index is 7.45. The Morgan fingerprint density at radius 2 is 0.530 bits per heavy atom. The first-order chi connectivity index (χ1) is 49.3. The van der Waals surface area contributed by atoms with E-state index in [0.29, 0.717) is 0 Å². The standard InChI is InChI=1S/C86H60B3N7O2S2/c1-90-68-51-70-66(88-81-74(92(70)3)45-60(95(55-31-15-7-16-32-55)56-33-17-8-18-34-56)47-76(81)97-83-62-39-23-25-41-78(62)99-85(83)88)49-64(68)87-65-50-67-71(52-69(65)91(2)73-44-59(43-72(90)80(73)87)94(53-27-11-5-12-28-53)54-29-13-6-14-30-54)93(4)75-46-61(96(57-35-19-9-20-36-57)58-37-21-10-22-38-58)48-77-82(75)89(67)86-84(98-77)63-40-24-26-42-79(63)100-86/h5-52H,1-4H3. The van der Waals surface area contributed by atoms with Gasteiger partial charge in [0.05, 0.1) is 17.1 Å². The molecule has 2 aromatic heterocycles. The number of ether oxygens (including phenoxy) is 2. The van der Waals surface area contributed by atoms with Crippen molar-refractivity contribution in [2.24, 2.45) is 0 Å². The van der Waals surface area contributed by atoms with Gasteiger partial charge >= 0.3 is 0 Å². The Morgan fingerprint density at radius 1 is 0.260 bits per heavy atom. The van der Waals surface area contributed by atoms with Crippen LogP contribution in [-0.2, 0) is 0 Å². The van der Waals surface area contributed by atoms with Crippen LogP contribution in [0.15, 0.2) is 291 Å². The predicted octanol–water partition coefficient (Wildman–Crippen LogP) is 16.6. The number of rotatable bonds is 9. The van der Waals surface area contributed by atoms with Gasteiger partial charge in [0, 0.05) is 150 Å². The Labute approximate surface area is 589 Å². The number of hydrogen-bond donors (Lipinski definition) is 0. The summed E-state index contributed by atoms with van der Waals surface area (Å²) in [6.07, 6.45) is 0. The number of hydrogen-bond acceptors (Lipinski definition) is 11. The highest BCUT2D eigenvalue weighted by molar-refractivity contribution is 7.34. The molecule has 0 fully saturated rings. The van der Waals surface area contributed by atoms with Crippen LogP contribution < -0.4 is 91.6 Å².